The van der Waals surface area contributed by atoms with Crippen LogP contribution in [0.2, 0.25) is 0 Å². The smallest absolute Gasteiger partial charge is 0.211 e. The van der Waals surface area contributed by atoms with Gasteiger partial charge in [-0.25, -0.2) is 13.1 Å². The SMILES string of the molecule is CCN1CCN([C@H](C)CNS(=O)(=O)CC2CCCC2)CC1. The summed E-state index contributed by atoms with van der Waals surface area (Å²) in [4.78, 5) is 4.83. The number of sulfonamides is 1. The van der Waals surface area contributed by atoms with Crippen LogP contribution in [0.4, 0.5) is 0 Å². The zero-order chi connectivity index (χ0) is 15.3. The van der Waals surface area contributed by atoms with Gasteiger partial charge in [-0.05, 0) is 32.2 Å². The molecule has 0 aromatic carbocycles. The second kappa shape index (κ2) is 7.90. The number of rotatable bonds is 7. The van der Waals surface area contributed by atoms with Crippen molar-refractivity contribution in [1.29, 1.82) is 0 Å². The first-order valence-electron chi connectivity index (χ1n) is 8.44. The van der Waals surface area contributed by atoms with Crippen LogP contribution >= 0.6 is 0 Å². The maximum absolute atomic E-state index is 12.1. The molecule has 2 rings (SSSR count). The van der Waals surface area contributed by atoms with Crippen molar-refractivity contribution in [3.63, 3.8) is 0 Å². The Hall–Kier alpha value is -0.170. The van der Waals surface area contributed by atoms with Crippen molar-refractivity contribution in [3.8, 4) is 0 Å². The van der Waals surface area contributed by atoms with Crippen molar-refractivity contribution >= 4 is 10.0 Å². The Morgan fingerprint density at radius 1 is 1.14 bits per heavy atom. The topological polar surface area (TPSA) is 52.6 Å². The molecular weight excluding hydrogens is 286 g/mol. The number of nitrogens with one attached hydrogen (secondary N) is 1. The van der Waals surface area contributed by atoms with Crippen LogP contribution in [0.25, 0.3) is 0 Å². The van der Waals surface area contributed by atoms with Gasteiger partial charge in [0.05, 0.1) is 5.75 Å². The zero-order valence-electron chi connectivity index (χ0n) is 13.6. The average Bonchev–Trinajstić information content (AvgIpc) is 2.97. The van der Waals surface area contributed by atoms with Gasteiger partial charge in [0, 0.05) is 38.8 Å². The van der Waals surface area contributed by atoms with E-state index in [0.717, 1.165) is 45.6 Å². The van der Waals surface area contributed by atoms with Crippen LogP contribution in [0, 0.1) is 5.92 Å². The molecule has 1 aliphatic heterocycles. The Morgan fingerprint density at radius 2 is 1.76 bits per heavy atom. The molecule has 1 saturated heterocycles. The second-order valence-electron chi connectivity index (χ2n) is 6.60. The van der Waals surface area contributed by atoms with Gasteiger partial charge in [0.2, 0.25) is 10.0 Å². The normalized spacial score (nSPS) is 24.5. The molecule has 2 fully saturated rings. The van der Waals surface area contributed by atoms with E-state index in [-0.39, 0.29) is 6.04 Å². The first-order valence-corrected chi connectivity index (χ1v) is 10.1. The van der Waals surface area contributed by atoms with Crippen LogP contribution in [-0.4, -0.2) is 69.3 Å². The summed E-state index contributed by atoms with van der Waals surface area (Å²) < 4.78 is 27.1. The third kappa shape index (κ3) is 5.51. The molecule has 124 valence electrons. The molecule has 5 nitrogen and oxygen atoms in total. The Labute approximate surface area is 130 Å². The molecule has 0 radical (unpaired) electrons. The summed E-state index contributed by atoms with van der Waals surface area (Å²) in [6.07, 6.45) is 4.54. The number of likely N-dealkylation sites (N-methyl/N-ethyl adjacent to an activating group) is 1. The summed E-state index contributed by atoms with van der Waals surface area (Å²) in [5.41, 5.74) is 0. The third-order valence-electron chi connectivity index (χ3n) is 5.01. The van der Waals surface area contributed by atoms with Gasteiger partial charge in [-0.3, -0.25) is 4.90 Å². The minimum atomic E-state index is -3.10. The lowest BCUT2D eigenvalue weighted by atomic mass is 10.1. The van der Waals surface area contributed by atoms with Crippen LogP contribution in [0.5, 0.6) is 0 Å². The van der Waals surface area contributed by atoms with E-state index < -0.39 is 10.0 Å². The molecule has 1 heterocycles. The maximum atomic E-state index is 12.1. The van der Waals surface area contributed by atoms with Gasteiger partial charge in [-0.15, -0.1) is 0 Å². The summed E-state index contributed by atoms with van der Waals surface area (Å²) in [5, 5.41) is 0. The Morgan fingerprint density at radius 3 is 2.33 bits per heavy atom. The lowest BCUT2D eigenvalue weighted by molar-refractivity contribution is 0.107. The van der Waals surface area contributed by atoms with Crippen molar-refractivity contribution in [2.45, 2.75) is 45.6 Å². The zero-order valence-corrected chi connectivity index (χ0v) is 14.4. The van der Waals surface area contributed by atoms with Gasteiger partial charge >= 0.3 is 0 Å². The molecule has 1 aliphatic carbocycles. The molecule has 0 spiro atoms. The number of piperazine rings is 1. The lowest BCUT2D eigenvalue weighted by Gasteiger charge is -2.37. The fourth-order valence-electron chi connectivity index (χ4n) is 3.44. The Kier molecular flexibility index (Phi) is 6.47. The second-order valence-corrected chi connectivity index (χ2v) is 8.45. The molecule has 2 aliphatic rings. The van der Waals surface area contributed by atoms with E-state index >= 15 is 0 Å². The minimum Gasteiger partial charge on any atom is -0.301 e. The molecule has 0 amide bonds. The van der Waals surface area contributed by atoms with Gasteiger partial charge in [-0.2, -0.15) is 0 Å². The van der Waals surface area contributed by atoms with Crippen LogP contribution < -0.4 is 4.72 Å². The number of nitrogens with zero attached hydrogens (tertiary/aromatic N) is 2. The van der Waals surface area contributed by atoms with E-state index in [4.69, 9.17) is 0 Å². The first-order chi connectivity index (χ1) is 10.00. The highest BCUT2D eigenvalue weighted by Crippen LogP contribution is 2.25. The molecule has 6 heteroatoms. The fourth-order valence-corrected chi connectivity index (χ4v) is 5.01. The molecule has 0 bridgehead atoms. The van der Waals surface area contributed by atoms with Gasteiger partial charge in [0.25, 0.3) is 0 Å². The average molecular weight is 317 g/mol. The van der Waals surface area contributed by atoms with Crippen LogP contribution in [0.15, 0.2) is 0 Å². The van der Waals surface area contributed by atoms with E-state index in [1.165, 1.54) is 12.8 Å². The van der Waals surface area contributed by atoms with Gasteiger partial charge in [0.1, 0.15) is 0 Å². The Balaban J connectivity index is 1.71. The molecule has 1 atom stereocenters. The molecule has 0 unspecified atom stereocenters. The standard InChI is InChI=1S/C15H31N3O2S/c1-3-17-8-10-18(11-9-17)14(2)12-16-21(19,20)13-15-6-4-5-7-15/h14-16H,3-13H2,1-2H3/t14-/m1/s1. The van der Waals surface area contributed by atoms with Crippen molar-refractivity contribution in [3.05, 3.63) is 0 Å². The highest BCUT2D eigenvalue weighted by molar-refractivity contribution is 7.89. The predicted molar refractivity (Wildman–Crippen MR) is 86.9 cm³/mol. The highest BCUT2D eigenvalue weighted by Gasteiger charge is 2.24. The third-order valence-corrected chi connectivity index (χ3v) is 6.52. The molecule has 0 aromatic heterocycles. The molecule has 21 heavy (non-hydrogen) atoms. The molecule has 1 saturated carbocycles. The lowest BCUT2D eigenvalue weighted by Crippen LogP contribution is -2.52. The van der Waals surface area contributed by atoms with Crippen LogP contribution in [-0.2, 0) is 10.0 Å². The maximum Gasteiger partial charge on any atom is 0.211 e. The van der Waals surface area contributed by atoms with E-state index in [2.05, 4.69) is 28.4 Å². The van der Waals surface area contributed by atoms with Gasteiger partial charge in [0.15, 0.2) is 0 Å². The number of hydrogen-bond donors (Lipinski definition) is 1. The summed E-state index contributed by atoms with van der Waals surface area (Å²) in [7, 11) is -3.10. The van der Waals surface area contributed by atoms with Gasteiger partial charge < -0.3 is 4.90 Å². The quantitative estimate of drug-likeness (QED) is 0.764. The van der Waals surface area contributed by atoms with Crippen molar-refractivity contribution in [2.24, 2.45) is 5.92 Å². The minimum absolute atomic E-state index is 0.280. The van der Waals surface area contributed by atoms with E-state index in [0.29, 0.717) is 18.2 Å². The summed E-state index contributed by atoms with van der Waals surface area (Å²) >= 11 is 0. The first kappa shape index (κ1) is 17.2. The summed E-state index contributed by atoms with van der Waals surface area (Å²) in [6, 6.07) is 0.280. The summed E-state index contributed by atoms with van der Waals surface area (Å²) in [6.45, 7) is 10.2. The molecular formula is C15H31N3O2S. The summed E-state index contributed by atoms with van der Waals surface area (Å²) in [5.74, 6) is 0.703. The largest absolute Gasteiger partial charge is 0.301 e. The van der Waals surface area contributed by atoms with Crippen molar-refractivity contribution in [2.75, 3.05) is 45.0 Å². The van der Waals surface area contributed by atoms with E-state index in [9.17, 15) is 8.42 Å². The molecule has 0 aromatic rings. The fraction of sp³-hybridized carbons (Fsp3) is 1.00. The highest BCUT2D eigenvalue weighted by atomic mass is 32.2. The predicted octanol–water partition coefficient (Wildman–Crippen LogP) is 1.12. The monoisotopic (exact) mass is 317 g/mol. The van der Waals surface area contributed by atoms with E-state index in [1.54, 1.807) is 0 Å². The van der Waals surface area contributed by atoms with E-state index in [1.807, 2.05) is 0 Å². The van der Waals surface area contributed by atoms with Crippen LogP contribution in [0.1, 0.15) is 39.5 Å². The number of hydrogen-bond acceptors (Lipinski definition) is 4. The van der Waals surface area contributed by atoms with Crippen LogP contribution in [0.3, 0.4) is 0 Å². The van der Waals surface area contributed by atoms with Crippen molar-refractivity contribution in [1.82, 2.24) is 14.5 Å². The van der Waals surface area contributed by atoms with Gasteiger partial charge in [-0.1, -0.05) is 19.8 Å². The van der Waals surface area contributed by atoms with Crippen molar-refractivity contribution < 1.29 is 8.42 Å². The Bertz CT molecular complexity index is 399. The molecule has 1 N–H and O–H groups in total.